The normalized spacial score (nSPS) is 10.9. The summed E-state index contributed by atoms with van der Waals surface area (Å²) < 4.78 is 6.23. The molecule has 0 atom stereocenters. The number of nitrogens with zero attached hydrogens (tertiary/aromatic N) is 2. The molecule has 0 fully saturated rings. The molecule has 0 aliphatic rings. The second kappa shape index (κ2) is 14.5. The number of anilines is 3. The molecule has 0 bridgehead atoms. The SMILES string of the molecule is Cc1ccc(Nc2nc(-c3ccc(C(=O)N/N=C/c4ccc(OCC(=O)Nc5ccc(Cl)c(Cl)c5)c(Br)c4)cc3)cs2)cc1. The van der Waals surface area contributed by atoms with Gasteiger partial charge in [-0.25, -0.2) is 10.4 Å². The Bertz CT molecular complexity index is 1830. The first-order valence-electron chi connectivity index (χ1n) is 13.1. The van der Waals surface area contributed by atoms with E-state index in [4.69, 9.17) is 27.9 Å². The predicted octanol–water partition coefficient (Wildman–Crippen LogP) is 8.71. The van der Waals surface area contributed by atoms with Crippen LogP contribution in [-0.4, -0.2) is 29.6 Å². The summed E-state index contributed by atoms with van der Waals surface area (Å²) in [4.78, 5) is 29.5. The van der Waals surface area contributed by atoms with Crippen LogP contribution < -0.4 is 20.8 Å². The van der Waals surface area contributed by atoms with Crippen molar-refractivity contribution in [1.29, 1.82) is 0 Å². The molecule has 3 N–H and O–H groups in total. The van der Waals surface area contributed by atoms with Gasteiger partial charge in [0.2, 0.25) is 0 Å². The van der Waals surface area contributed by atoms with Gasteiger partial charge in [0.1, 0.15) is 5.75 Å². The molecule has 0 aliphatic heterocycles. The highest BCUT2D eigenvalue weighted by Crippen LogP contribution is 2.28. The third-order valence-electron chi connectivity index (χ3n) is 6.15. The van der Waals surface area contributed by atoms with Crippen LogP contribution >= 0.6 is 50.5 Å². The Morgan fingerprint density at radius 1 is 0.955 bits per heavy atom. The first-order valence-corrected chi connectivity index (χ1v) is 15.6. The molecule has 1 aromatic heterocycles. The molecule has 12 heteroatoms. The van der Waals surface area contributed by atoms with Crippen LogP contribution in [0.3, 0.4) is 0 Å². The summed E-state index contributed by atoms with van der Waals surface area (Å²) in [6, 6.07) is 25.3. The summed E-state index contributed by atoms with van der Waals surface area (Å²) in [5.41, 5.74) is 8.10. The van der Waals surface area contributed by atoms with E-state index in [9.17, 15) is 9.59 Å². The summed E-state index contributed by atoms with van der Waals surface area (Å²) in [6.45, 7) is 1.83. The minimum Gasteiger partial charge on any atom is -0.483 e. The van der Waals surface area contributed by atoms with Crippen molar-refractivity contribution in [2.75, 3.05) is 17.2 Å². The third-order valence-corrected chi connectivity index (χ3v) is 8.26. The molecular weight excluding hydrogens is 685 g/mol. The molecule has 0 unspecified atom stereocenters. The van der Waals surface area contributed by atoms with Gasteiger partial charge < -0.3 is 15.4 Å². The zero-order valence-electron chi connectivity index (χ0n) is 23.1. The molecule has 5 aromatic rings. The number of nitrogens with one attached hydrogen (secondary N) is 3. The zero-order chi connectivity index (χ0) is 31.1. The summed E-state index contributed by atoms with van der Waals surface area (Å²) >= 11 is 16.8. The van der Waals surface area contributed by atoms with Crippen molar-refractivity contribution in [3.05, 3.63) is 122 Å². The number of thiazole rings is 1. The molecule has 4 aromatic carbocycles. The Hall–Kier alpha value is -4.22. The topological polar surface area (TPSA) is 105 Å². The molecule has 2 amide bonds. The van der Waals surface area contributed by atoms with Crippen molar-refractivity contribution in [3.8, 4) is 17.0 Å². The lowest BCUT2D eigenvalue weighted by atomic mass is 10.1. The number of hydrogen-bond donors (Lipinski definition) is 3. The molecule has 222 valence electrons. The average Bonchev–Trinajstić information content (AvgIpc) is 3.48. The van der Waals surface area contributed by atoms with Crippen LogP contribution in [0.2, 0.25) is 10.0 Å². The summed E-state index contributed by atoms with van der Waals surface area (Å²) in [5.74, 6) is -0.239. The number of halogens is 3. The van der Waals surface area contributed by atoms with Crippen LogP contribution in [0.15, 0.2) is 99.9 Å². The maximum Gasteiger partial charge on any atom is 0.271 e. The maximum absolute atomic E-state index is 12.6. The quantitative estimate of drug-likeness (QED) is 0.0995. The Morgan fingerprint density at radius 3 is 2.43 bits per heavy atom. The van der Waals surface area contributed by atoms with Gasteiger partial charge in [-0.05, 0) is 89.1 Å². The van der Waals surface area contributed by atoms with Gasteiger partial charge in [0, 0.05) is 27.9 Å². The largest absolute Gasteiger partial charge is 0.483 e. The maximum atomic E-state index is 12.6. The van der Waals surface area contributed by atoms with E-state index in [2.05, 4.69) is 42.1 Å². The Labute approximate surface area is 276 Å². The minimum absolute atomic E-state index is 0.213. The number of hydrazone groups is 1. The number of amides is 2. The lowest BCUT2D eigenvalue weighted by Gasteiger charge is -2.10. The van der Waals surface area contributed by atoms with Gasteiger partial charge in [-0.15, -0.1) is 11.3 Å². The molecule has 44 heavy (non-hydrogen) atoms. The van der Waals surface area contributed by atoms with Crippen molar-refractivity contribution in [1.82, 2.24) is 10.4 Å². The van der Waals surface area contributed by atoms with Gasteiger partial charge in [-0.1, -0.05) is 53.0 Å². The monoisotopic (exact) mass is 707 g/mol. The van der Waals surface area contributed by atoms with Gasteiger partial charge in [0.05, 0.1) is 26.4 Å². The van der Waals surface area contributed by atoms with E-state index in [1.54, 1.807) is 48.5 Å². The molecule has 0 radical (unpaired) electrons. The van der Waals surface area contributed by atoms with Gasteiger partial charge in [0.25, 0.3) is 11.8 Å². The number of rotatable bonds is 10. The van der Waals surface area contributed by atoms with E-state index in [0.717, 1.165) is 22.1 Å². The standard InChI is InChI=1S/C32H24BrCl2N5O3S/c1-19-2-9-23(10-3-19)38-32-39-28(18-44-32)21-5-7-22(8-6-21)31(42)40-36-16-20-4-13-29(25(33)14-20)43-17-30(41)37-24-11-12-26(34)27(35)15-24/h2-16,18H,17H2,1H3,(H,37,41)(H,38,39)(H,40,42)/b36-16+. The van der Waals surface area contributed by atoms with Gasteiger partial charge in [-0.2, -0.15) is 5.10 Å². The van der Waals surface area contributed by atoms with Crippen LogP contribution in [0.4, 0.5) is 16.5 Å². The number of carbonyl (C=O) groups is 2. The van der Waals surface area contributed by atoms with Crippen molar-refractivity contribution in [2.24, 2.45) is 5.10 Å². The van der Waals surface area contributed by atoms with E-state index >= 15 is 0 Å². The molecule has 8 nitrogen and oxygen atoms in total. The molecule has 5 rings (SSSR count). The van der Waals surface area contributed by atoms with E-state index in [1.807, 2.05) is 48.7 Å². The first kappa shape index (κ1) is 31.2. The number of carbonyl (C=O) groups excluding carboxylic acids is 2. The van der Waals surface area contributed by atoms with E-state index in [0.29, 0.717) is 37.1 Å². The molecule has 1 heterocycles. The zero-order valence-corrected chi connectivity index (χ0v) is 27.0. The van der Waals surface area contributed by atoms with Gasteiger partial charge >= 0.3 is 0 Å². The lowest BCUT2D eigenvalue weighted by Crippen LogP contribution is -2.20. The lowest BCUT2D eigenvalue weighted by molar-refractivity contribution is -0.118. The van der Waals surface area contributed by atoms with Crippen LogP contribution in [0, 0.1) is 6.92 Å². The minimum atomic E-state index is -0.358. The summed E-state index contributed by atoms with van der Waals surface area (Å²) in [5, 5.41) is 13.6. The Kier molecular flexibility index (Phi) is 10.3. The van der Waals surface area contributed by atoms with Crippen LogP contribution in [0.1, 0.15) is 21.5 Å². The van der Waals surface area contributed by atoms with Gasteiger partial charge in [-0.3, -0.25) is 9.59 Å². The van der Waals surface area contributed by atoms with E-state index in [1.165, 1.54) is 23.1 Å². The Morgan fingerprint density at radius 2 is 1.70 bits per heavy atom. The number of hydrogen-bond acceptors (Lipinski definition) is 7. The summed E-state index contributed by atoms with van der Waals surface area (Å²) in [7, 11) is 0. The first-order chi connectivity index (χ1) is 21.2. The summed E-state index contributed by atoms with van der Waals surface area (Å²) in [6.07, 6.45) is 1.51. The fraction of sp³-hybridized carbons (Fsp3) is 0.0625. The number of aryl methyl sites for hydroxylation is 1. The fourth-order valence-electron chi connectivity index (χ4n) is 3.88. The fourth-order valence-corrected chi connectivity index (χ4v) is 5.42. The van der Waals surface area contributed by atoms with Crippen molar-refractivity contribution in [3.63, 3.8) is 0 Å². The van der Waals surface area contributed by atoms with Crippen LogP contribution in [0.5, 0.6) is 5.75 Å². The van der Waals surface area contributed by atoms with Crippen LogP contribution in [0.25, 0.3) is 11.3 Å². The highest BCUT2D eigenvalue weighted by molar-refractivity contribution is 9.10. The Balaban J connectivity index is 1.10. The van der Waals surface area contributed by atoms with Gasteiger partial charge in [0.15, 0.2) is 11.7 Å². The predicted molar refractivity (Wildman–Crippen MR) is 182 cm³/mol. The van der Waals surface area contributed by atoms with E-state index < -0.39 is 0 Å². The molecular formula is C32H24BrCl2N5O3S. The smallest absolute Gasteiger partial charge is 0.271 e. The highest BCUT2D eigenvalue weighted by Gasteiger charge is 2.10. The van der Waals surface area contributed by atoms with Crippen molar-refractivity contribution >= 4 is 85.0 Å². The average molecular weight is 709 g/mol. The third kappa shape index (κ3) is 8.45. The molecule has 0 aliphatic carbocycles. The highest BCUT2D eigenvalue weighted by atomic mass is 79.9. The second-order valence-corrected chi connectivity index (χ2v) is 12.0. The van der Waals surface area contributed by atoms with Crippen LogP contribution in [-0.2, 0) is 4.79 Å². The number of ether oxygens (including phenoxy) is 1. The number of aromatic nitrogens is 1. The number of benzene rings is 4. The molecule has 0 saturated heterocycles. The second-order valence-electron chi connectivity index (χ2n) is 9.46. The van der Waals surface area contributed by atoms with Crippen molar-refractivity contribution < 1.29 is 14.3 Å². The van der Waals surface area contributed by atoms with E-state index in [-0.39, 0.29) is 18.4 Å². The molecule has 0 spiro atoms. The molecule has 0 saturated carbocycles. The van der Waals surface area contributed by atoms with Crippen molar-refractivity contribution in [2.45, 2.75) is 6.92 Å².